The smallest absolute Gasteiger partial charge is 0.139 e. The lowest BCUT2D eigenvalue weighted by molar-refractivity contribution is -0.155. The van der Waals surface area contributed by atoms with Crippen LogP contribution < -0.4 is 5.32 Å². The normalized spacial score (nSPS) is 52.4. The number of carbonyl (C=O) groups excluding carboxylic acids is 2. The molecule has 4 heteroatoms. The fourth-order valence-electron chi connectivity index (χ4n) is 7.92. The van der Waals surface area contributed by atoms with E-state index in [1.165, 1.54) is 25.7 Å². The van der Waals surface area contributed by atoms with Gasteiger partial charge in [0.1, 0.15) is 11.6 Å². The number of carbonyl (C=O) groups is 2. The Kier molecular flexibility index (Phi) is 4.55. The zero-order valence-electron chi connectivity index (χ0n) is 17.0. The Bertz CT molecular complexity index is 644. The molecule has 0 aromatic rings. The van der Waals surface area contributed by atoms with E-state index in [1.54, 1.807) is 0 Å². The molecule has 5 rings (SSSR count). The van der Waals surface area contributed by atoms with Crippen LogP contribution in [0.15, 0.2) is 0 Å². The number of fused-ring (bicyclic) bond motifs is 5. The number of thioether (sulfide) groups is 1. The maximum absolute atomic E-state index is 13.3. The van der Waals surface area contributed by atoms with Crippen molar-refractivity contribution in [3.63, 3.8) is 0 Å². The van der Waals surface area contributed by atoms with Crippen LogP contribution in [0.2, 0.25) is 0 Å². The maximum Gasteiger partial charge on any atom is 0.139 e. The molecule has 5 aliphatic rings. The molecule has 0 aromatic heterocycles. The standard InChI is InChI=1S/C23H35NO2S/c1-22-8-5-14(27-15-7-10-24-13-15)11-19(22)20(25)12-16-17-3-4-21(26)23(17,2)9-6-18(16)22/h14-19,24H,3-13H2,1-2H3/t14-,15?,16+,17+,18+,19?,22-,23+/m1/s1. The van der Waals surface area contributed by atoms with Crippen molar-refractivity contribution in [2.24, 2.45) is 34.5 Å². The first kappa shape index (κ1) is 18.7. The third kappa shape index (κ3) is 2.79. The number of hydrogen-bond donors (Lipinski definition) is 1. The first-order chi connectivity index (χ1) is 12.9. The Morgan fingerprint density at radius 1 is 1.00 bits per heavy atom. The summed E-state index contributed by atoms with van der Waals surface area (Å²) in [7, 11) is 0. The van der Waals surface area contributed by atoms with Crippen molar-refractivity contribution >= 4 is 23.3 Å². The second-order valence-electron chi connectivity index (χ2n) is 10.7. The van der Waals surface area contributed by atoms with Crippen molar-refractivity contribution in [1.29, 1.82) is 0 Å². The van der Waals surface area contributed by atoms with Crippen LogP contribution in [-0.4, -0.2) is 35.2 Å². The first-order valence-corrected chi connectivity index (χ1v) is 12.3. The molecule has 4 saturated carbocycles. The molecule has 2 unspecified atom stereocenters. The van der Waals surface area contributed by atoms with Gasteiger partial charge in [0.25, 0.3) is 0 Å². The van der Waals surface area contributed by atoms with Crippen LogP contribution in [0.3, 0.4) is 0 Å². The van der Waals surface area contributed by atoms with Crippen molar-refractivity contribution in [3.05, 3.63) is 0 Å². The van der Waals surface area contributed by atoms with Crippen molar-refractivity contribution in [2.45, 2.75) is 82.1 Å². The third-order valence-electron chi connectivity index (χ3n) is 9.52. The Labute approximate surface area is 168 Å². The monoisotopic (exact) mass is 389 g/mol. The Hall–Kier alpha value is -0.350. The summed E-state index contributed by atoms with van der Waals surface area (Å²) < 4.78 is 0. The van der Waals surface area contributed by atoms with Crippen molar-refractivity contribution in [2.75, 3.05) is 13.1 Å². The molecule has 1 N–H and O–H groups in total. The van der Waals surface area contributed by atoms with Gasteiger partial charge in [0.15, 0.2) is 0 Å². The topological polar surface area (TPSA) is 46.2 Å². The van der Waals surface area contributed by atoms with Gasteiger partial charge in [-0.1, -0.05) is 13.8 Å². The quantitative estimate of drug-likeness (QED) is 0.767. The molecule has 5 fully saturated rings. The minimum absolute atomic E-state index is 0.118. The minimum atomic E-state index is -0.118. The fraction of sp³-hybridized carbons (Fsp3) is 0.913. The number of ketones is 2. The van der Waals surface area contributed by atoms with Crippen LogP contribution in [0.1, 0.15) is 71.6 Å². The lowest BCUT2D eigenvalue weighted by Gasteiger charge is -2.59. The van der Waals surface area contributed by atoms with E-state index < -0.39 is 0 Å². The molecule has 1 saturated heterocycles. The van der Waals surface area contributed by atoms with E-state index in [2.05, 4.69) is 30.9 Å². The zero-order valence-corrected chi connectivity index (χ0v) is 17.8. The molecular weight excluding hydrogens is 354 g/mol. The molecule has 0 amide bonds. The van der Waals surface area contributed by atoms with Gasteiger partial charge < -0.3 is 5.32 Å². The van der Waals surface area contributed by atoms with E-state index in [0.717, 1.165) is 50.4 Å². The van der Waals surface area contributed by atoms with Gasteiger partial charge >= 0.3 is 0 Å². The molecular formula is C23H35NO2S. The SMILES string of the molecule is C[C@]12CC[C@@H](SC3CCNC3)CC1C(=O)C[C@@H]1[C@@H]2CC[C@]2(C)C(=O)CC[C@@H]12. The van der Waals surface area contributed by atoms with Gasteiger partial charge in [-0.05, 0) is 74.7 Å². The minimum Gasteiger partial charge on any atom is -0.316 e. The Morgan fingerprint density at radius 3 is 2.63 bits per heavy atom. The highest BCUT2D eigenvalue weighted by Crippen LogP contribution is 2.65. The lowest BCUT2D eigenvalue weighted by Crippen LogP contribution is -2.56. The summed E-state index contributed by atoms with van der Waals surface area (Å²) in [5, 5.41) is 4.92. The molecule has 4 aliphatic carbocycles. The molecule has 150 valence electrons. The van der Waals surface area contributed by atoms with Gasteiger partial charge in [-0.25, -0.2) is 0 Å². The van der Waals surface area contributed by atoms with Gasteiger partial charge in [0.2, 0.25) is 0 Å². The molecule has 8 atom stereocenters. The predicted octanol–water partition coefficient (Wildman–Crippen LogP) is 4.24. The summed E-state index contributed by atoms with van der Waals surface area (Å²) in [6.07, 6.45) is 9.71. The maximum atomic E-state index is 13.3. The van der Waals surface area contributed by atoms with E-state index in [9.17, 15) is 9.59 Å². The molecule has 1 heterocycles. The number of nitrogens with one attached hydrogen (secondary N) is 1. The molecule has 0 bridgehead atoms. The highest BCUT2D eigenvalue weighted by Gasteiger charge is 2.62. The van der Waals surface area contributed by atoms with Gasteiger partial charge in [0.05, 0.1) is 0 Å². The highest BCUT2D eigenvalue weighted by atomic mass is 32.2. The van der Waals surface area contributed by atoms with Crippen LogP contribution in [0, 0.1) is 34.5 Å². The van der Waals surface area contributed by atoms with Gasteiger partial charge in [0, 0.05) is 41.2 Å². The summed E-state index contributed by atoms with van der Waals surface area (Å²) in [5.74, 6) is 2.92. The largest absolute Gasteiger partial charge is 0.316 e. The molecule has 3 nitrogen and oxygen atoms in total. The van der Waals surface area contributed by atoms with Crippen LogP contribution in [0.4, 0.5) is 0 Å². The van der Waals surface area contributed by atoms with Crippen LogP contribution in [-0.2, 0) is 9.59 Å². The van der Waals surface area contributed by atoms with Crippen molar-refractivity contribution in [1.82, 2.24) is 5.32 Å². The third-order valence-corrected chi connectivity index (χ3v) is 11.1. The fourth-order valence-corrected chi connectivity index (χ4v) is 9.49. The van der Waals surface area contributed by atoms with Gasteiger partial charge in [-0.15, -0.1) is 0 Å². The highest BCUT2D eigenvalue weighted by molar-refractivity contribution is 8.00. The number of hydrogen-bond acceptors (Lipinski definition) is 4. The van der Waals surface area contributed by atoms with Crippen molar-refractivity contribution in [3.8, 4) is 0 Å². The van der Waals surface area contributed by atoms with E-state index in [0.29, 0.717) is 34.6 Å². The second-order valence-corrected chi connectivity index (χ2v) is 12.3. The van der Waals surface area contributed by atoms with Crippen LogP contribution in [0.5, 0.6) is 0 Å². The van der Waals surface area contributed by atoms with E-state index in [1.807, 2.05) is 0 Å². The van der Waals surface area contributed by atoms with E-state index in [-0.39, 0.29) is 16.7 Å². The van der Waals surface area contributed by atoms with Gasteiger partial charge in [-0.2, -0.15) is 11.8 Å². The zero-order chi connectivity index (χ0) is 18.8. The van der Waals surface area contributed by atoms with Crippen molar-refractivity contribution < 1.29 is 9.59 Å². The van der Waals surface area contributed by atoms with Crippen LogP contribution in [0.25, 0.3) is 0 Å². The predicted molar refractivity (Wildman–Crippen MR) is 110 cm³/mol. The Morgan fingerprint density at radius 2 is 1.85 bits per heavy atom. The second kappa shape index (κ2) is 6.58. The van der Waals surface area contributed by atoms with E-state index in [4.69, 9.17) is 0 Å². The summed E-state index contributed by atoms with van der Waals surface area (Å²) in [5.41, 5.74) is 0.0745. The summed E-state index contributed by atoms with van der Waals surface area (Å²) in [6, 6.07) is 0. The summed E-state index contributed by atoms with van der Waals surface area (Å²) >= 11 is 2.17. The lowest BCUT2D eigenvalue weighted by atomic mass is 9.45. The molecule has 0 radical (unpaired) electrons. The first-order valence-electron chi connectivity index (χ1n) is 11.3. The Balaban J connectivity index is 1.35. The summed E-state index contributed by atoms with van der Waals surface area (Å²) in [6.45, 7) is 6.97. The molecule has 0 spiro atoms. The van der Waals surface area contributed by atoms with Gasteiger partial charge in [-0.3, -0.25) is 9.59 Å². The molecule has 1 aliphatic heterocycles. The number of rotatable bonds is 2. The molecule has 27 heavy (non-hydrogen) atoms. The molecule has 0 aromatic carbocycles. The number of Topliss-reactive ketones (excluding diaryl/α,β-unsaturated/α-hetero) is 2. The van der Waals surface area contributed by atoms with E-state index >= 15 is 0 Å². The average Bonchev–Trinajstić information content (AvgIpc) is 3.25. The summed E-state index contributed by atoms with van der Waals surface area (Å²) in [4.78, 5) is 25.9. The average molecular weight is 390 g/mol. The van der Waals surface area contributed by atoms with Crippen LogP contribution >= 0.6 is 11.8 Å².